The first-order valence-electron chi connectivity index (χ1n) is 3.95. The predicted molar refractivity (Wildman–Crippen MR) is 47.1 cm³/mol. The van der Waals surface area contributed by atoms with Gasteiger partial charge in [-0.25, -0.2) is 8.78 Å². The Balaban J connectivity index is 3.45. The first kappa shape index (κ1) is 11.3. The van der Waals surface area contributed by atoms with Crippen LogP contribution in [0.1, 0.15) is 17.7 Å². The summed E-state index contributed by atoms with van der Waals surface area (Å²) in [5.41, 5.74) is -0.366. The van der Waals surface area contributed by atoms with Crippen molar-refractivity contribution in [2.45, 2.75) is 13.3 Å². The maximum atomic E-state index is 12.5. The lowest BCUT2D eigenvalue weighted by atomic mass is 10.2. The maximum Gasteiger partial charge on any atom is 0.406 e. The van der Waals surface area contributed by atoms with E-state index >= 15 is 0 Å². The Morgan fingerprint density at radius 1 is 1.60 bits per heavy atom. The van der Waals surface area contributed by atoms with E-state index in [4.69, 9.17) is 0 Å². The topological polar surface area (TPSA) is 65.3 Å². The molecule has 0 radical (unpaired) electrons. The van der Waals surface area contributed by atoms with Crippen molar-refractivity contribution >= 4 is 5.82 Å². The molecule has 15 heavy (non-hydrogen) atoms. The summed E-state index contributed by atoms with van der Waals surface area (Å²) in [4.78, 5) is 13.2. The van der Waals surface area contributed by atoms with Crippen LogP contribution in [0.4, 0.5) is 14.6 Å². The number of aryl methyl sites for hydroxylation is 1. The number of nitro groups is 1. The molecule has 1 aromatic rings. The molecule has 7 heteroatoms. The Morgan fingerprint density at radius 3 is 2.60 bits per heavy atom. The lowest BCUT2D eigenvalue weighted by molar-refractivity contribution is -0.390. The van der Waals surface area contributed by atoms with Crippen molar-refractivity contribution in [1.29, 1.82) is 0 Å². The monoisotopic (exact) mass is 218 g/mol. The Kier molecular flexibility index (Phi) is 3.13. The Hall–Kier alpha value is -1.79. The summed E-state index contributed by atoms with van der Waals surface area (Å²) < 4.78 is 29.6. The average Bonchev–Trinajstić information content (AvgIpc) is 2.16. The van der Waals surface area contributed by atoms with Gasteiger partial charge in [-0.05, 0) is 16.0 Å². The van der Waals surface area contributed by atoms with Crippen molar-refractivity contribution in [3.63, 3.8) is 0 Å². The zero-order valence-corrected chi connectivity index (χ0v) is 8.03. The molecule has 0 aliphatic heterocycles. The highest BCUT2D eigenvalue weighted by Crippen LogP contribution is 2.35. The van der Waals surface area contributed by atoms with Crippen LogP contribution < -0.4 is 4.74 Å². The molecule has 0 N–H and O–H groups in total. The van der Waals surface area contributed by atoms with Crippen LogP contribution in [0.5, 0.6) is 5.75 Å². The molecule has 1 heterocycles. The van der Waals surface area contributed by atoms with Gasteiger partial charge in [-0.2, -0.15) is 0 Å². The minimum atomic E-state index is -2.83. The van der Waals surface area contributed by atoms with E-state index in [1.807, 2.05) is 0 Å². The van der Waals surface area contributed by atoms with Crippen molar-refractivity contribution in [1.82, 2.24) is 4.98 Å². The third-order valence-corrected chi connectivity index (χ3v) is 1.72. The van der Waals surface area contributed by atoms with Gasteiger partial charge in [0.1, 0.15) is 0 Å². The zero-order chi connectivity index (χ0) is 11.6. The lowest BCUT2D eigenvalue weighted by Crippen LogP contribution is -2.02. The number of hydrogen-bond acceptors (Lipinski definition) is 4. The van der Waals surface area contributed by atoms with Crippen molar-refractivity contribution in [3.8, 4) is 5.75 Å². The first-order valence-corrected chi connectivity index (χ1v) is 3.95. The van der Waals surface area contributed by atoms with E-state index in [0.717, 1.165) is 13.2 Å². The largest absolute Gasteiger partial charge is 0.489 e. The summed E-state index contributed by atoms with van der Waals surface area (Å²) in [7, 11) is 1.09. The van der Waals surface area contributed by atoms with Crippen molar-refractivity contribution < 1.29 is 18.4 Å². The van der Waals surface area contributed by atoms with E-state index in [1.54, 1.807) is 0 Å². The molecule has 1 rings (SSSR count). The van der Waals surface area contributed by atoms with E-state index in [2.05, 4.69) is 9.72 Å². The number of pyridine rings is 1. The summed E-state index contributed by atoms with van der Waals surface area (Å²) in [6, 6.07) is 1.07. The van der Waals surface area contributed by atoms with Crippen LogP contribution in [0.15, 0.2) is 6.07 Å². The highest BCUT2D eigenvalue weighted by molar-refractivity contribution is 5.48. The standard InChI is InChI=1S/C8H8F2N2O3/c1-4-3-5(7(9)10)6(15-2)8(11-4)12(13)14/h3,7H,1-2H3. The van der Waals surface area contributed by atoms with E-state index < -0.39 is 28.5 Å². The third-order valence-electron chi connectivity index (χ3n) is 1.72. The highest BCUT2D eigenvalue weighted by Gasteiger charge is 2.26. The van der Waals surface area contributed by atoms with Gasteiger partial charge in [0.05, 0.1) is 12.7 Å². The summed E-state index contributed by atoms with van der Waals surface area (Å²) in [5, 5.41) is 10.5. The smallest absolute Gasteiger partial charge is 0.406 e. The Bertz CT molecular complexity index is 396. The Morgan fingerprint density at radius 2 is 2.20 bits per heavy atom. The molecule has 0 amide bonds. The molecule has 0 bridgehead atoms. The summed E-state index contributed by atoms with van der Waals surface area (Å²) in [6.07, 6.45) is -2.83. The Labute approximate surface area is 83.8 Å². The molecule has 82 valence electrons. The minimum absolute atomic E-state index is 0.151. The second-order valence-corrected chi connectivity index (χ2v) is 2.77. The van der Waals surface area contributed by atoms with E-state index in [1.165, 1.54) is 6.92 Å². The molecule has 0 saturated carbocycles. The van der Waals surface area contributed by atoms with Crippen LogP contribution in [-0.2, 0) is 0 Å². The van der Waals surface area contributed by atoms with Crippen molar-refractivity contribution in [2.24, 2.45) is 0 Å². The molecule has 1 aromatic heterocycles. The van der Waals surface area contributed by atoms with Crippen LogP contribution in [0.3, 0.4) is 0 Å². The number of halogens is 2. The fourth-order valence-corrected chi connectivity index (χ4v) is 1.16. The van der Waals surface area contributed by atoms with Crippen LogP contribution in [0.2, 0.25) is 0 Å². The second kappa shape index (κ2) is 4.16. The summed E-state index contributed by atoms with van der Waals surface area (Å²) >= 11 is 0. The van der Waals surface area contributed by atoms with Gasteiger partial charge >= 0.3 is 5.82 Å². The molecule has 0 spiro atoms. The van der Waals surface area contributed by atoms with Crippen LogP contribution >= 0.6 is 0 Å². The van der Waals surface area contributed by atoms with Gasteiger partial charge in [-0.1, -0.05) is 0 Å². The summed E-state index contributed by atoms with van der Waals surface area (Å²) in [5.74, 6) is -1.17. The molecule has 0 unspecified atom stereocenters. The molecule has 0 aliphatic carbocycles. The van der Waals surface area contributed by atoms with Crippen LogP contribution in [-0.4, -0.2) is 17.0 Å². The van der Waals surface area contributed by atoms with E-state index in [9.17, 15) is 18.9 Å². The molecule has 0 aromatic carbocycles. The first-order chi connectivity index (χ1) is 6.97. The molecule has 0 saturated heterocycles. The number of rotatable bonds is 3. The number of hydrogen-bond donors (Lipinski definition) is 0. The van der Waals surface area contributed by atoms with Crippen LogP contribution in [0, 0.1) is 17.0 Å². The second-order valence-electron chi connectivity index (χ2n) is 2.77. The molecule has 5 nitrogen and oxygen atoms in total. The quantitative estimate of drug-likeness (QED) is 0.576. The fraction of sp³-hybridized carbons (Fsp3) is 0.375. The molecular weight excluding hydrogens is 210 g/mol. The molecular formula is C8H8F2N2O3. The number of aromatic nitrogens is 1. The van der Waals surface area contributed by atoms with Gasteiger partial charge < -0.3 is 14.9 Å². The van der Waals surface area contributed by atoms with E-state index in [0.29, 0.717) is 0 Å². The maximum absolute atomic E-state index is 12.5. The molecule has 0 aliphatic rings. The number of nitrogens with zero attached hydrogens (tertiary/aromatic N) is 2. The van der Waals surface area contributed by atoms with Crippen molar-refractivity contribution in [3.05, 3.63) is 27.4 Å². The number of methoxy groups -OCH3 is 1. The number of ether oxygens (including phenoxy) is 1. The fourth-order valence-electron chi connectivity index (χ4n) is 1.16. The van der Waals surface area contributed by atoms with Gasteiger partial charge in [-0.3, -0.25) is 0 Å². The SMILES string of the molecule is COc1c(C(F)F)cc(C)nc1[N+](=O)[O-]. The molecule has 0 atom stereocenters. The highest BCUT2D eigenvalue weighted by atomic mass is 19.3. The van der Waals surface area contributed by atoms with E-state index in [-0.39, 0.29) is 5.69 Å². The van der Waals surface area contributed by atoms with Gasteiger partial charge in [0, 0.05) is 6.92 Å². The normalized spacial score (nSPS) is 10.5. The summed E-state index contributed by atoms with van der Waals surface area (Å²) in [6.45, 7) is 1.40. The van der Waals surface area contributed by atoms with Crippen LogP contribution in [0.25, 0.3) is 0 Å². The van der Waals surface area contributed by atoms with Gasteiger partial charge in [0.15, 0.2) is 5.69 Å². The van der Waals surface area contributed by atoms with Gasteiger partial charge in [-0.15, -0.1) is 0 Å². The lowest BCUT2D eigenvalue weighted by Gasteiger charge is -2.07. The van der Waals surface area contributed by atoms with Crippen molar-refractivity contribution in [2.75, 3.05) is 7.11 Å². The predicted octanol–water partition coefficient (Wildman–Crippen LogP) is 2.24. The van der Waals surface area contributed by atoms with Gasteiger partial charge in [0.2, 0.25) is 5.75 Å². The average molecular weight is 218 g/mol. The minimum Gasteiger partial charge on any atom is -0.489 e. The number of alkyl halides is 2. The third kappa shape index (κ3) is 2.17. The zero-order valence-electron chi connectivity index (χ0n) is 8.03. The van der Waals surface area contributed by atoms with Gasteiger partial charge in [0.25, 0.3) is 6.43 Å². The molecule has 0 fully saturated rings.